The topological polar surface area (TPSA) is 58.6 Å². The molecule has 0 aromatic rings. The average molecular weight is 355 g/mol. The van der Waals surface area contributed by atoms with Crippen LogP contribution in [0.4, 0.5) is 4.79 Å². The fourth-order valence-corrected chi connectivity index (χ4v) is 3.47. The summed E-state index contributed by atoms with van der Waals surface area (Å²) in [6.07, 6.45) is 13.6. The predicted octanol–water partition coefficient (Wildman–Crippen LogP) is 4.50. The van der Waals surface area contributed by atoms with E-state index in [0.29, 0.717) is 6.04 Å². The van der Waals surface area contributed by atoms with E-state index in [1.54, 1.807) is 0 Å². The summed E-state index contributed by atoms with van der Waals surface area (Å²) in [6.45, 7) is 4.00. The molecule has 3 fully saturated rings. The molecule has 3 aliphatic rings. The Kier molecular flexibility index (Phi) is 10.6. The minimum absolute atomic E-state index is 0.0859. The molecular formula is C20H38N2O3. The first-order valence-corrected chi connectivity index (χ1v) is 10.2. The Hall–Kier alpha value is -1.26. The predicted molar refractivity (Wildman–Crippen MR) is 102 cm³/mol. The number of nitrogens with one attached hydrogen (secondary N) is 1. The molecule has 3 saturated carbocycles. The summed E-state index contributed by atoms with van der Waals surface area (Å²) in [7, 11) is 3.24. The fourth-order valence-electron chi connectivity index (χ4n) is 3.47. The van der Waals surface area contributed by atoms with Crippen LogP contribution in [0.3, 0.4) is 0 Å². The third kappa shape index (κ3) is 7.25. The van der Waals surface area contributed by atoms with Crippen molar-refractivity contribution >= 4 is 12.0 Å². The molecule has 0 saturated heterocycles. The van der Waals surface area contributed by atoms with Gasteiger partial charge in [0, 0.05) is 25.0 Å². The first-order valence-electron chi connectivity index (χ1n) is 10.2. The van der Waals surface area contributed by atoms with Crippen molar-refractivity contribution in [3.8, 4) is 0 Å². The van der Waals surface area contributed by atoms with Gasteiger partial charge < -0.3 is 15.0 Å². The SMILES string of the molecule is C1CCCCC1.CC.COC(=O)NC1CC(C(=O)N(C)C2CCC2)C1. The molecule has 3 aliphatic carbocycles. The van der Waals surface area contributed by atoms with Gasteiger partial charge in [0.05, 0.1) is 7.11 Å². The van der Waals surface area contributed by atoms with Crippen LogP contribution in [0, 0.1) is 5.92 Å². The lowest BCUT2D eigenvalue weighted by Gasteiger charge is -2.41. The number of nitrogens with zero attached hydrogens (tertiary/aromatic N) is 1. The standard InChI is InChI=1S/C12H20N2O3.C6H12.C2H6/c1-14(10-4-3-5-10)11(15)8-6-9(7-8)13-12(16)17-2;1-2-4-6-5-3-1;1-2/h8-10H,3-7H2,1-2H3,(H,13,16);1-6H2;1-2H3. The zero-order valence-corrected chi connectivity index (χ0v) is 16.7. The number of ether oxygens (including phenoxy) is 1. The minimum atomic E-state index is -0.409. The number of carbonyl (C=O) groups excluding carboxylic acids is 2. The molecule has 25 heavy (non-hydrogen) atoms. The van der Waals surface area contributed by atoms with Crippen LogP contribution in [0.15, 0.2) is 0 Å². The van der Waals surface area contributed by atoms with Gasteiger partial charge in [0.25, 0.3) is 0 Å². The molecule has 2 amide bonds. The lowest BCUT2D eigenvalue weighted by atomic mass is 9.78. The lowest BCUT2D eigenvalue weighted by molar-refractivity contribution is -0.141. The van der Waals surface area contributed by atoms with Crippen molar-refractivity contribution in [1.82, 2.24) is 10.2 Å². The van der Waals surface area contributed by atoms with Crippen LogP contribution in [0.2, 0.25) is 0 Å². The largest absolute Gasteiger partial charge is 0.453 e. The summed E-state index contributed by atoms with van der Waals surface area (Å²) >= 11 is 0. The molecule has 0 aliphatic heterocycles. The summed E-state index contributed by atoms with van der Waals surface area (Å²) in [5.74, 6) is 0.320. The molecule has 5 nitrogen and oxygen atoms in total. The number of carbonyl (C=O) groups is 2. The van der Waals surface area contributed by atoms with Gasteiger partial charge in [0.2, 0.25) is 5.91 Å². The summed E-state index contributed by atoms with van der Waals surface area (Å²) < 4.78 is 4.52. The zero-order chi connectivity index (χ0) is 18.7. The Morgan fingerprint density at radius 2 is 1.40 bits per heavy atom. The monoisotopic (exact) mass is 354 g/mol. The van der Waals surface area contributed by atoms with E-state index in [2.05, 4.69) is 10.1 Å². The highest BCUT2D eigenvalue weighted by atomic mass is 16.5. The number of methoxy groups -OCH3 is 1. The normalized spacial score (nSPS) is 24.8. The quantitative estimate of drug-likeness (QED) is 0.812. The van der Waals surface area contributed by atoms with Crippen molar-refractivity contribution in [2.45, 2.75) is 96.6 Å². The van der Waals surface area contributed by atoms with Crippen molar-refractivity contribution in [3.05, 3.63) is 0 Å². The van der Waals surface area contributed by atoms with E-state index in [1.165, 1.54) is 52.1 Å². The number of alkyl carbamates (subject to hydrolysis) is 1. The van der Waals surface area contributed by atoms with Gasteiger partial charge in [-0.25, -0.2) is 4.79 Å². The molecule has 0 aromatic carbocycles. The van der Waals surface area contributed by atoms with Gasteiger partial charge in [-0.1, -0.05) is 52.4 Å². The highest BCUT2D eigenvalue weighted by Gasteiger charge is 2.39. The number of hydrogen-bond donors (Lipinski definition) is 1. The summed E-state index contributed by atoms with van der Waals surface area (Å²) in [6, 6.07) is 0.557. The summed E-state index contributed by atoms with van der Waals surface area (Å²) in [5.41, 5.74) is 0. The van der Waals surface area contributed by atoms with E-state index < -0.39 is 6.09 Å². The molecular weight excluding hydrogens is 316 g/mol. The summed E-state index contributed by atoms with van der Waals surface area (Å²) in [4.78, 5) is 24.9. The third-order valence-electron chi connectivity index (χ3n) is 5.46. The van der Waals surface area contributed by atoms with Crippen molar-refractivity contribution in [1.29, 1.82) is 0 Å². The molecule has 0 radical (unpaired) electrons. The van der Waals surface area contributed by atoms with E-state index in [9.17, 15) is 9.59 Å². The van der Waals surface area contributed by atoms with Crippen LogP contribution < -0.4 is 5.32 Å². The second-order valence-corrected chi connectivity index (χ2v) is 7.16. The average Bonchev–Trinajstić information content (AvgIpc) is 2.59. The Morgan fingerprint density at radius 1 is 0.920 bits per heavy atom. The molecule has 0 aromatic heterocycles. The van der Waals surface area contributed by atoms with Gasteiger partial charge in [-0.2, -0.15) is 0 Å². The Morgan fingerprint density at radius 3 is 1.76 bits per heavy atom. The molecule has 0 bridgehead atoms. The molecule has 0 atom stereocenters. The van der Waals surface area contributed by atoms with Crippen LogP contribution in [0.25, 0.3) is 0 Å². The van der Waals surface area contributed by atoms with Crippen LogP contribution in [-0.2, 0) is 9.53 Å². The highest BCUT2D eigenvalue weighted by Crippen LogP contribution is 2.32. The van der Waals surface area contributed by atoms with E-state index in [-0.39, 0.29) is 17.9 Å². The fraction of sp³-hybridized carbons (Fsp3) is 0.900. The van der Waals surface area contributed by atoms with Gasteiger partial charge in [0.1, 0.15) is 0 Å². The van der Waals surface area contributed by atoms with Crippen molar-refractivity contribution in [2.24, 2.45) is 5.92 Å². The van der Waals surface area contributed by atoms with Crippen molar-refractivity contribution in [2.75, 3.05) is 14.2 Å². The Bertz CT molecular complexity index is 375. The number of amides is 2. The minimum Gasteiger partial charge on any atom is -0.453 e. The van der Waals surface area contributed by atoms with Crippen molar-refractivity contribution < 1.29 is 14.3 Å². The van der Waals surface area contributed by atoms with Gasteiger partial charge in [-0.05, 0) is 32.1 Å². The maximum Gasteiger partial charge on any atom is 0.407 e. The molecule has 1 N–H and O–H groups in total. The zero-order valence-electron chi connectivity index (χ0n) is 16.7. The summed E-state index contributed by atoms with van der Waals surface area (Å²) in [5, 5.41) is 2.72. The van der Waals surface area contributed by atoms with Gasteiger partial charge in [-0.3, -0.25) is 4.79 Å². The first-order chi connectivity index (χ1) is 12.1. The van der Waals surface area contributed by atoms with Crippen LogP contribution in [0.1, 0.15) is 84.5 Å². The maximum atomic E-state index is 12.0. The van der Waals surface area contributed by atoms with Crippen LogP contribution in [-0.4, -0.2) is 43.1 Å². The van der Waals surface area contributed by atoms with Gasteiger partial charge in [0.15, 0.2) is 0 Å². The maximum absolute atomic E-state index is 12.0. The van der Waals surface area contributed by atoms with Crippen LogP contribution >= 0.6 is 0 Å². The second kappa shape index (κ2) is 12.2. The number of rotatable bonds is 3. The van der Waals surface area contributed by atoms with Crippen LogP contribution in [0.5, 0.6) is 0 Å². The molecule has 0 spiro atoms. The second-order valence-electron chi connectivity index (χ2n) is 7.16. The molecule has 0 heterocycles. The van der Waals surface area contributed by atoms with Crippen molar-refractivity contribution in [3.63, 3.8) is 0 Å². The highest BCUT2D eigenvalue weighted by molar-refractivity contribution is 5.80. The molecule has 3 rings (SSSR count). The smallest absolute Gasteiger partial charge is 0.407 e. The molecule has 5 heteroatoms. The lowest BCUT2D eigenvalue weighted by Crippen LogP contribution is -2.52. The van der Waals surface area contributed by atoms with E-state index >= 15 is 0 Å². The molecule has 146 valence electrons. The first kappa shape index (κ1) is 21.8. The van der Waals surface area contributed by atoms with E-state index in [0.717, 1.165) is 25.7 Å². The molecule has 0 unspecified atom stereocenters. The van der Waals surface area contributed by atoms with E-state index in [1.807, 2.05) is 25.8 Å². The van der Waals surface area contributed by atoms with Gasteiger partial charge in [-0.15, -0.1) is 0 Å². The van der Waals surface area contributed by atoms with Gasteiger partial charge >= 0.3 is 6.09 Å². The van der Waals surface area contributed by atoms with E-state index in [4.69, 9.17) is 0 Å². The Labute approximate surface area is 153 Å². The number of hydrogen-bond acceptors (Lipinski definition) is 3. The Balaban J connectivity index is 0.000000326. The third-order valence-corrected chi connectivity index (χ3v) is 5.46.